The van der Waals surface area contributed by atoms with Gasteiger partial charge in [0.25, 0.3) is 0 Å². The first-order valence-electron chi connectivity index (χ1n) is 24.4. The number of nitrogens with one attached hydrogen (secondary N) is 4. The number of aliphatic hydroxyl groups is 1. The Hall–Kier alpha value is -5.09. The molecular formula is C55H76N4O6. The average molecular weight is 889 g/mol. The summed E-state index contributed by atoms with van der Waals surface area (Å²) in [5, 5.41) is 14.9. The lowest BCUT2D eigenvalue weighted by Crippen LogP contribution is -2.25. The Balaban J connectivity index is 1.19. The van der Waals surface area contributed by atoms with Crippen LogP contribution in [-0.2, 0) is 25.5 Å². The number of allylic oxidation sites excluding steroid dienone is 3. The molecule has 6 atom stereocenters. The van der Waals surface area contributed by atoms with Crippen LogP contribution in [0, 0.1) is 56.3 Å². The quantitative estimate of drug-likeness (QED) is 0.0406. The molecule has 6 rings (SSSR count). The fraction of sp³-hybridized carbons (Fsp3) is 0.545. The van der Waals surface area contributed by atoms with Crippen molar-refractivity contribution in [2.24, 2.45) is 35.5 Å². The van der Waals surface area contributed by atoms with Gasteiger partial charge < -0.3 is 34.8 Å². The predicted molar refractivity (Wildman–Crippen MR) is 263 cm³/mol. The van der Waals surface area contributed by atoms with Crippen LogP contribution in [0.3, 0.4) is 0 Å². The highest BCUT2D eigenvalue weighted by atomic mass is 16.5. The predicted octanol–water partition coefficient (Wildman–Crippen LogP) is 10.0. The van der Waals surface area contributed by atoms with E-state index in [2.05, 4.69) is 100 Å². The fourth-order valence-electron chi connectivity index (χ4n) is 10.5. The molecule has 5 N–H and O–H groups in total. The molecule has 0 amide bonds. The van der Waals surface area contributed by atoms with Crippen molar-refractivity contribution >= 4 is 47.6 Å². The number of rotatable bonds is 21. The summed E-state index contributed by atoms with van der Waals surface area (Å²) in [6.07, 6.45) is 22.3. The molecule has 0 saturated carbocycles. The van der Waals surface area contributed by atoms with E-state index in [-0.39, 0.29) is 43.2 Å². The first-order valence-corrected chi connectivity index (χ1v) is 24.4. The van der Waals surface area contributed by atoms with Gasteiger partial charge in [0, 0.05) is 80.7 Å². The van der Waals surface area contributed by atoms with Crippen molar-refractivity contribution in [3.05, 3.63) is 96.5 Å². The first kappa shape index (κ1) is 49.3. The maximum Gasteiger partial charge on any atom is 0.321 e. The molecule has 5 heterocycles. The minimum Gasteiger partial charge on any atom is -0.468 e. The Morgan fingerprint density at radius 1 is 0.846 bits per heavy atom. The van der Waals surface area contributed by atoms with Crippen molar-refractivity contribution in [1.82, 2.24) is 20.3 Å². The maximum atomic E-state index is 14.4. The highest BCUT2D eigenvalue weighted by molar-refractivity contribution is 6.24. The van der Waals surface area contributed by atoms with Crippen molar-refractivity contribution in [3.8, 4) is 0 Å². The SMILES string of the molecule is C=Cc1c2[nH]c(c1C)/C=C1\N/C(=C3\c4[nH]c(c(C)c4C(=O)[C@@H]3C(=O)OC)/C=c3\[nH]/c(c(C)c3CC)=C\2)[C@@H](CCC(=O)OC/C=C(\C)CCC[C@H](C)CCC[C@H](C)CCC[C@@H](C)CO)[C@@H]1C. The molecule has 1 saturated heterocycles. The molecule has 65 heavy (non-hydrogen) atoms. The summed E-state index contributed by atoms with van der Waals surface area (Å²) in [7, 11) is 1.32. The van der Waals surface area contributed by atoms with E-state index in [0.29, 0.717) is 35.1 Å². The third-order valence-corrected chi connectivity index (χ3v) is 14.8. The van der Waals surface area contributed by atoms with Gasteiger partial charge in [0.1, 0.15) is 12.5 Å². The number of H-pyrrole nitrogens is 3. The van der Waals surface area contributed by atoms with Crippen molar-refractivity contribution in [2.45, 2.75) is 139 Å². The maximum absolute atomic E-state index is 14.4. The van der Waals surface area contributed by atoms with Crippen molar-refractivity contribution in [3.63, 3.8) is 0 Å². The lowest BCUT2D eigenvalue weighted by atomic mass is 9.85. The largest absolute Gasteiger partial charge is 0.468 e. The number of aromatic nitrogens is 3. The fourth-order valence-corrected chi connectivity index (χ4v) is 10.5. The van der Waals surface area contributed by atoms with Crippen LogP contribution in [0.4, 0.5) is 0 Å². The number of carbonyl (C=O) groups excluding carboxylic acids is 3. The number of hydrogen-bond acceptors (Lipinski definition) is 7. The number of carbonyl (C=O) groups is 3. The molecule has 3 aromatic heterocycles. The summed E-state index contributed by atoms with van der Waals surface area (Å²) in [5.74, 6) is -0.828. The van der Waals surface area contributed by atoms with Gasteiger partial charge >= 0.3 is 11.9 Å². The molecule has 0 radical (unpaired) electrons. The zero-order chi connectivity index (χ0) is 47.1. The van der Waals surface area contributed by atoms with E-state index >= 15 is 0 Å². The van der Waals surface area contributed by atoms with Gasteiger partial charge in [0.2, 0.25) is 0 Å². The molecular weight excluding hydrogens is 813 g/mol. The van der Waals surface area contributed by atoms with Gasteiger partial charge in [-0.3, -0.25) is 14.4 Å². The summed E-state index contributed by atoms with van der Waals surface area (Å²) in [5.41, 5.74) is 12.4. The molecule has 3 aliphatic rings. The second-order valence-electron chi connectivity index (χ2n) is 19.6. The number of fused-ring (bicyclic) bond motifs is 7. The number of methoxy groups -OCH3 is 1. The minimum absolute atomic E-state index is 0.0954. The molecule has 1 aliphatic carbocycles. The lowest BCUT2D eigenvalue weighted by Gasteiger charge is -2.19. The van der Waals surface area contributed by atoms with Gasteiger partial charge in [0.15, 0.2) is 5.78 Å². The Morgan fingerprint density at radius 2 is 1.49 bits per heavy atom. The number of esters is 2. The van der Waals surface area contributed by atoms with Crippen LogP contribution < -0.4 is 16.0 Å². The van der Waals surface area contributed by atoms with Gasteiger partial charge in [-0.1, -0.05) is 91.4 Å². The van der Waals surface area contributed by atoms with Crippen LogP contribution in [-0.4, -0.2) is 58.1 Å². The zero-order valence-corrected chi connectivity index (χ0v) is 40.9. The van der Waals surface area contributed by atoms with Crippen LogP contribution in [0.2, 0.25) is 0 Å². The number of ketones is 1. The summed E-state index contributed by atoms with van der Waals surface area (Å²) in [4.78, 5) is 52.4. The molecule has 352 valence electrons. The van der Waals surface area contributed by atoms with Crippen LogP contribution in [0.5, 0.6) is 0 Å². The summed E-state index contributed by atoms with van der Waals surface area (Å²) >= 11 is 0. The van der Waals surface area contributed by atoms with Gasteiger partial charge in [-0.05, 0) is 124 Å². The molecule has 0 aromatic carbocycles. The van der Waals surface area contributed by atoms with E-state index < -0.39 is 11.9 Å². The summed E-state index contributed by atoms with van der Waals surface area (Å²) in [6.45, 7) is 24.0. The van der Waals surface area contributed by atoms with Crippen LogP contribution in [0.1, 0.15) is 173 Å². The number of Topliss-reactive ketones (excluding diaryl/α,β-unsaturated/α-hetero) is 1. The standard InChI is InChI=1S/C55H76N4O6/c1-12-39-35(7)42-27-44-37(9)41(23-24-48(61)65-26-25-33(5)21-15-19-31(3)17-14-18-32(4)20-16-22-34(6)30-60)52(58-44)50-51(55(63)64-11)54(62)49-38(10)45(59-53(49)50)29-47-40(13-2)36(8)43(57-47)28-46(39)56-42/h12,25,27-29,31-32,34,37,41,51,56-60H,1,13-24,26,30H2,2-11H3/b33-25+,43-28-,44-27-,47-29-,52-50-/t31-,32+,34-,37+,41+,51-/m1/s1. The van der Waals surface area contributed by atoms with E-state index in [1.807, 2.05) is 19.1 Å². The van der Waals surface area contributed by atoms with Gasteiger partial charge in [-0.25, -0.2) is 0 Å². The molecule has 8 bridgehead atoms. The zero-order valence-electron chi connectivity index (χ0n) is 40.9. The normalized spacial score (nSPS) is 22.3. The average Bonchev–Trinajstić information content (AvgIpc) is 4.02. The lowest BCUT2D eigenvalue weighted by molar-refractivity contribution is -0.143. The molecule has 10 nitrogen and oxygen atoms in total. The van der Waals surface area contributed by atoms with E-state index in [1.54, 1.807) is 0 Å². The molecule has 10 heteroatoms. The van der Waals surface area contributed by atoms with Crippen molar-refractivity contribution in [1.29, 1.82) is 0 Å². The van der Waals surface area contributed by atoms with Crippen LogP contribution in [0.15, 0.2) is 29.6 Å². The van der Waals surface area contributed by atoms with E-state index in [1.165, 1.54) is 56.8 Å². The number of ether oxygens (including phenoxy) is 2. The topological polar surface area (TPSA) is 149 Å². The minimum atomic E-state index is -1.15. The third-order valence-electron chi connectivity index (χ3n) is 14.8. The monoisotopic (exact) mass is 889 g/mol. The van der Waals surface area contributed by atoms with E-state index in [0.717, 1.165) is 93.0 Å². The van der Waals surface area contributed by atoms with E-state index in [4.69, 9.17) is 9.47 Å². The van der Waals surface area contributed by atoms with Gasteiger partial charge in [-0.15, -0.1) is 0 Å². The van der Waals surface area contributed by atoms with Crippen LogP contribution in [0.25, 0.3) is 29.9 Å². The number of aliphatic hydroxyl groups excluding tert-OH is 1. The van der Waals surface area contributed by atoms with Gasteiger partial charge in [-0.2, -0.15) is 0 Å². The smallest absolute Gasteiger partial charge is 0.321 e. The van der Waals surface area contributed by atoms with Crippen molar-refractivity contribution in [2.75, 3.05) is 20.3 Å². The Kier molecular flexibility index (Phi) is 16.6. The van der Waals surface area contributed by atoms with E-state index in [9.17, 15) is 19.5 Å². The highest BCUT2D eigenvalue weighted by Gasteiger charge is 2.48. The second kappa shape index (κ2) is 21.9. The Bertz CT molecular complexity index is 2470. The Morgan fingerprint density at radius 3 is 2.14 bits per heavy atom. The number of aromatic amines is 3. The second-order valence-corrected chi connectivity index (χ2v) is 19.6. The summed E-state index contributed by atoms with van der Waals surface area (Å²) in [6, 6.07) is 0. The molecule has 3 aromatic rings. The molecule has 0 spiro atoms. The van der Waals surface area contributed by atoms with Crippen molar-refractivity contribution < 1.29 is 29.0 Å². The van der Waals surface area contributed by atoms with Crippen LogP contribution >= 0.6 is 0 Å². The molecule has 0 unspecified atom stereocenters. The highest BCUT2D eigenvalue weighted by Crippen LogP contribution is 2.48. The number of hydrogen-bond donors (Lipinski definition) is 5. The molecule has 2 aliphatic heterocycles. The summed E-state index contributed by atoms with van der Waals surface area (Å²) < 4.78 is 11.1. The third kappa shape index (κ3) is 11.0. The first-order chi connectivity index (χ1) is 31.1. The Labute approximate surface area is 387 Å². The van der Waals surface area contributed by atoms with Gasteiger partial charge in [0.05, 0.1) is 12.8 Å². The molecule has 1 fully saturated rings.